The highest BCUT2D eigenvalue weighted by Gasteiger charge is 2.17. The second-order valence-electron chi connectivity index (χ2n) is 4.97. The minimum Gasteiger partial charge on any atom is -0.306 e. The van der Waals surface area contributed by atoms with Crippen molar-refractivity contribution >= 4 is 21.9 Å². The summed E-state index contributed by atoms with van der Waals surface area (Å²) in [5, 5.41) is 7.54. The fraction of sp³-hybridized carbons (Fsp3) is 0.0714. The normalized spacial score (nSPS) is 11.5. The number of benzene rings is 1. The van der Waals surface area contributed by atoms with Gasteiger partial charge in [0.05, 0.1) is 22.8 Å². The van der Waals surface area contributed by atoms with Gasteiger partial charge in [0.25, 0.3) is 11.1 Å². The van der Waals surface area contributed by atoms with Gasteiger partial charge in [-0.2, -0.15) is 5.10 Å². The van der Waals surface area contributed by atoms with Crippen molar-refractivity contribution in [2.45, 2.75) is 0 Å². The van der Waals surface area contributed by atoms with Crippen LogP contribution in [-0.4, -0.2) is 24.5 Å². The number of rotatable bonds is 1. The Bertz CT molecular complexity index is 1150. The number of aryl methyl sites for hydroxylation is 1. The van der Waals surface area contributed by atoms with Crippen LogP contribution >= 0.6 is 0 Å². The monoisotopic (exact) mass is 299 g/mol. The zero-order valence-electron chi connectivity index (χ0n) is 11.4. The standard InChI is InChI=1S/C14H10FN5O2/c1-19-12-9(6-16-19)11-10(13(21)17-12)14(22)20(18-11)8-4-2-3-7(15)5-8/h2-6,18H,1H3,(H,17,21). The number of hydrogen-bond donors (Lipinski definition) is 2. The molecular formula is C14H10FN5O2. The first kappa shape index (κ1) is 12.6. The molecule has 7 nitrogen and oxygen atoms in total. The lowest BCUT2D eigenvalue weighted by atomic mass is 10.2. The molecule has 0 atom stereocenters. The molecule has 0 fully saturated rings. The minimum absolute atomic E-state index is 0.00948. The summed E-state index contributed by atoms with van der Waals surface area (Å²) in [5.41, 5.74) is 0.152. The first-order valence-electron chi connectivity index (χ1n) is 6.51. The summed E-state index contributed by atoms with van der Waals surface area (Å²) in [6.45, 7) is 0. The molecule has 2 N–H and O–H groups in total. The number of aromatic amines is 2. The van der Waals surface area contributed by atoms with Crippen molar-refractivity contribution in [3.63, 3.8) is 0 Å². The van der Waals surface area contributed by atoms with Crippen LogP contribution in [0.4, 0.5) is 4.39 Å². The molecule has 0 saturated carbocycles. The number of nitrogens with zero attached hydrogens (tertiary/aromatic N) is 3. The highest BCUT2D eigenvalue weighted by Crippen LogP contribution is 2.18. The number of nitrogens with one attached hydrogen (secondary N) is 2. The van der Waals surface area contributed by atoms with Gasteiger partial charge in [0.1, 0.15) is 16.9 Å². The maximum atomic E-state index is 13.4. The first-order chi connectivity index (χ1) is 10.6. The molecule has 110 valence electrons. The van der Waals surface area contributed by atoms with Crippen molar-refractivity contribution in [2.24, 2.45) is 7.05 Å². The van der Waals surface area contributed by atoms with Gasteiger partial charge in [-0.25, -0.2) is 9.07 Å². The molecule has 0 spiro atoms. The van der Waals surface area contributed by atoms with Gasteiger partial charge >= 0.3 is 0 Å². The summed E-state index contributed by atoms with van der Waals surface area (Å²) in [6, 6.07) is 5.57. The van der Waals surface area contributed by atoms with Gasteiger partial charge in [-0.15, -0.1) is 0 Å². The van der Waals surface area contributed by atoms with E-state index in [4.69, 9.17) is 0 Å². The molecule has 22 heavy (non-hydrogen) atoms. The van der Waals surface area contributed by atoms with Crippen molar-refractivity contribution in [1.29, 1.82) is 0 Å². The Hall–Kier alpha value is -3.16. The molecule has 4 aromatic rings. The zero-order chi connectivity index (χ0) is 15.4. The van der Waals surface area contributed by atoms with E-state index in [-0.39, 0.29) is 5.39 Å². The van der Waals surface area contributed by atoms with Crippen molar-refractivity contribution in [1.82, 2.24) is 24.5 Å². The van der Waals surface area contributed by atoms with E-state index >= 15 is 0 Å². The molecule has 0 aliphatic rings. The van der Waals surface area contributed by atoms with E-state index < -0.39 is 16.9 Å². The average Bonchev–Trinajstić information content (AvgIpc) is 3.01. The van der Waals surface area contributed by atoms with Crippen LogP contribution in [0.15, 0.2) is 40.1 Å². The van der Waals surface area contributed by atoms with E-state index in [2.05, 4.69) is 15.2 Å². The lowest BCUT2D eigenvalue weighted by Gasteiger charge is -2.00. The number of H-pyrrole nitrogens is 2. The lowest BCUT2D eigenvalue weighted by molar-refractivity contribution is 0.625. The van der Waals surface area contributed by atoms with Gasteiger partial charge in [-0.1, -0.05) is 6.07 Å². The van der Waals surface area contributed by atoms with Crippen molar-refractivity contribution in [3.05, 3.63) is 57.0 Å². The van der Waals surface area contributed by atoms with Gasteiger partial charge in [-0.05, 0) is 18.2 Å². The highest BCUT2D eigenvalue weighted by atomic mass is 19.1. The van der Waals surface area contributed by atoms with Crippen LogP contribution in [0.2, 0.25) is 0 Å². The quantitative estimate of drug-likeness (QED) is 0.550. The maximum absolute atomic E-state index is 13.4. The van der Waals surface area contributed by atoms with Gasteiger partial charge in [-0.3, -0.25) is 19.4 Å². The largest absolute Gasteiger partial charge is 0.306 e. The van der Waals surface area contributed by atoms with Crippen molar-refractivity contribution < 1.29 is 4.39 Å². The molecule has 0 bridgehead atoms. The van der Waals surface area contributed by atoms with Crippen LogP contribution in [0.3, 0.4) is 0 Å². The molecular weight excluding hydrogens is 289 g/mol. The predicted molar refractivity (Wildman–Crippen MR) is 78.7 cm³/mol. The second-order valence-corrected chi connectivity index (χ2v) is 4.97. The number of halogens is 1. The number of fused-ring (bicyclic) bond motifs is 3. The fourth-order valence-corrected chi connectivity index (χ4v) is 2.58. The Morgan fingerprint density at radius 1 is 1.27 bits per heavy atom. The van der Waals surface area contributed by atoms with Gasteiger partial charge in [0.2, 0.25) is 0 Å². The van der Waals surface area contributed by atoms with Gasteiger partial charge in [0, 0.05) is 7.05 Å². The summed E-state index contributed by atoms with van der Waals surface area (Å²) in [4.78, 5) is 27.3. The lowest BCUT2D eigenvalue weighted by Crippen LogP contribution is -2.19. The molecule has 0 unspecified atom stereocenters. The summed E-state index contributed by atoms with van der Waals surface area (Å²) in [6.07, 6.45) is 1.56. The summed E-state index contributed by atoms with van der Waals surface area (Å²) < 4.78 is 16.0. The van der Waals surface area contributed by atoms with E-state index in [9.17, 15) is 14.0 Å². The van der Waals surface area contributed by atoms with E-state index in [1.54, 1.807) is 19.3 Å². The summed E-state index contributed by atoms with van der Waals surface area (Å²) in [5.74, 6) is -0.469. The fourth-order valence-electron chi connectivity index (χ4n) is 2.58. The molecule has 0 saturated heterocycles. The second kappa shape index (κ2) is 4.17. The van der Waals surface area contributed by atoms with Crippen LogP contribution in [0.5, 0.6) is 0 Å². The highest BCUT2D eigenvalue weighted by molar-refractivity contribution is 6.01. The third kappa shape index (κ3) is 1.57. The van der Waals surface area contributed by atoms with E-state index in [1.807, 2.05) is 0 Å². The number of hydrogen-bond acceptors (Lipinski definition) is 3. The van der Waals surface area contributed by atoms with E-state index in [0.717, 1.165) is 4.68 Å². The van der Waals surface area contributed by atoms with Gasteiger partial charge < -0.3 is 4.98 Å². The zero-order valence-corrected chi connectivity index (χ0v) is 11.4. The Morgan fingerprint density at radius 2 is 2.09 bits per heavy atom. The molecule has 4 rings (SSSR count). The van der Waals surface area contributed by atoms with Crippen LogP contribution in [-0.2, 0) is 7.05 Å². The summed E-state index contributed by atoms with van der Waals surface area (Å²) in [7, 11) is 1.69. The van der Waals surface area contributed by atoms with Crippen LogP contribution in [0, 0.1) is 5.82 Å². The van der Waals surface area contributed by atoms with Crippen LogP contribution in [0.25, 0.3) is 27.6 Å². The van der Waals surface area contributed by atoms with Crippen molar-refractivity contribution in [2.75, 3.05) is 0 Å². The molecule has 8 heteroatoms. The Labute approximate surface area is 121 Å². The third-order valence-corrected chi connectivity index (χ3v) is 3.62. The average molecular weight is 299 g/mol. The topological polar surface area (TPSA) is 88.5 Å². The molecule has 0 aliphatic carbocycles. The van der Waals surface area contributed by atoms with Gasteiger partial charge in [0.15, 0.2) is 0 Å². The molecule has 3 aromatic heterocycles. The Balaban J connectivity index is 2.17. The molecule has 1 aromatic carbocycles. The maximum Gasteiger partial charge on any atom is 0.284 e. The number of aromatic nitrogens is 5. The number of pyridine rings is 1. The summed E-state index contributed by atoms with van der Waals surface area (Å²) >= 11 is 0. The molecule has 0 radical (unpaired) electrons. The molecule has 3 heterocycles. The smallest absolute Gasteiger partial charge is 0.284 e. The molecule has 0 aliphatic heterocycles. The molecule has 0 amide bonds. The minimum atomic E-state index is -0.535. The predicted octanol–water partition coefficient (Wildman–Crippen LogP) is 1.03. The van der Waals surface area contributed by atoms with Crippen molar-refractivity contribution in [3.8, 4) is 5.69 Å². The van der Waals surface area contributed by atoms with Crippen LogP contribution in [0.1, 0.15) is 0 Å². The van der Waals surface area contributed by atoms with E-state index in [1.165, 1.54) is 22.9 Å². The third-order valence-electron chi connectivity index (χ3n) is 3.62. The first-order valence-corrected chi connectivity index (χ1v) is 6.51. The van der Waals surface area contributed by atoms with Crippen LogP contribution < -0.4 is 11.1 Å². The SMILES string of the molecule is Cn1ncc2c3[nH]n(-c4cccc(F)c4)c(=O)c3c(=O)[nH]c21. The Morgan fingerprint density at radius 3 is 2.86 bits per heavy atom. The Kier molecular flexibility index (Phi) is 2.38. The van der Waals surface area contributed by atoms with E-state index in [0.29, 0.717) is 22.2 Å².